The van der Waals surface area contributed by atoms with Crippen molar-refractivity contribution in [3.63, 3.8) is 0 Å². The van der Waals surface area contributed by atoms with Crippen LogP contribution in [0, 0.1) is 0 Å². The number of ether oxygens (including phenoxy) is 2. The van der Waals surface area contributed by atoms with Crippen LogP contribution in [0.1, 0.15) is 16.1 Å². The molecule has 0 saturated heterocycles. The van der Waals surface area contributed by atoms with E-state index < -0.39 is 0 Å². The first-order valence-corrected chi connectivity index (χ1v) is 7.72. The number of aromatic nitrogens is 1. The minimum Gasteiger partial charge on any atom is -0.493 e. The molecule has 128 valence electrons. The largest absolute Gasteiger partial charge is 0.493 e. The third-order valence-corrected chi connectivity index (χ3v) is 3.70. The molecule has 0 unspecified atom stereocenters. The Morgan fingerprint density at radius 3 is 2.52 bits per heavy atom. The first-order chi connectivity index (χ1) is 12.2. The van der Waals surface area contributed by atoms with E-state index in [1.165, 1.54) is 0 Å². The maximum absolute atomic E-state index is 12.0. The lowest BCUT2D eigenvalue weighted by Gasteiger charge is -2.07. The van der Waals surface area contributed by atoms with E-state index in [-0.39, 0.29) is 12.5 Å². The highest BCUT2D eigenvalue weighted by molar-refractivity contribution is 5.94. The van der Waals surface area contributed by atoms with Gasteiger partial charge in [-0.1, -0.05) is 23.4 Å². The standard InChI is InChI=1S/C19H18N2O4/c1-23-17-9-8-14(10-18(17)24-2)16-11-15(25-21-16)12-20-19(22)13-6-4-3-5-7-13/h3-11H,12H2,1-2H3,(H,20,22). The first-order valence-electron chi connectivity index (χ1n) is 7.72. The minimum atomic E-state index is -0.162. The van der Waals surface area contributed by atoms with Crippen LogP contribution in [0.15, 0.2) is 59.1 Å². The van der Waals surface area contributed by atoms with Gasteiger partial charge in [0.15, 0.2) is 17.3 Å². The number of carbonyl (C=O) groups excluding carboxylic acids is 1. The highest BCUT2D eigenvalue weighted by atomic mass is 16.5. The van der Waals surface area contributed by atoms with Crippen LogP contribution in [0.3, 0.4) is 0 Å². The highest BCUT2D eigenvalue weighted by Gasteiger charge is 2.12. The van der Waals surface area contributed by atoms with Gasteiger partial charge in [-0.25, -0.2) is 0 Å². The molecule has 1 aromatic heterocycles. The van der Waals surface area contributed by atoms with Crippen molar-refractivity contribution in [1.29, 1.82) is 0 Å². The van der Waals surface area contributed by atoms with Gasteiger partial charge < -0.3 is 19.3 Å². The summed E-state index contributed by atoms with van der Waals surface area (Å²) in [6.45, 7) is 0.258. The summed E-state index contributed by atoms with van der Waals surface area (Å²) >= 11 is 0. The van der Waals surface area contributed by atoms with E-state index in [4.69, 9.17) is 14.0 Å². The predicted molar refractivity (Wildman–Crippen MR) is 92.7 cm³/mol. The Kier molecular flexibility index (Phi) is 4.99. The van der Waals surface area contributed by atoms with Crippen molar-refractivity contribution in [2.75, 3.05) is 14.2 Å². The fraction of sp³-hybridized carbons (Fsp3) is 0.158. The summed E-state index contributed by atoms with van der Waals surface area (Å²) in [7, 11) is 3.16. The van der Waals surface area contributed by atoms with Gasteiger partial charge in [0.2, 0.25) is 0 Å². The van der Waals surface area contributed by atoms with Crippen molar-refractivity contribution in [2.45, 2.75) is 6.54 Å². The number of benzene rings is 2. The molecule has 6 nitrogen and oxygen atoms in total. The minimum absolute atomic E-state index is 0.162. The molecule has 3 aromatic rings. The zero-order valence-electron chi connectivity index (χ0n) is 14.0. The van der Waals surface area contributed by atoms with E-state index in [9.17, 15) is 4.79 Å². The second-order valence-electron chi connectivity index (χ2n) is 5.30. The molecular weight excluding hydrogens is 320 g/mol. The summed E-state index contributed by atoms with van der Waals surface area (Å²) in [5, 5.41) is 6.85. The fourth-order valence-corrected chi connectivity index (χ4v) is 2.39. The van der Waals surface area contributed by atoms with Crippen molar-refractivity contribution < 1.29 is 18.8 Å². The van der Waals surface area contributed by atoms with Gasteiger partial charge >= 0.3 is 0 Å². The molecule has 3 rings (SSSR count). The average Bonchev–Trinajstić information content (AvgIpc) is 3.15. The van der Waals surface area contributed by atoms with Gasteiger partial charge in [0.05, 0.1) is 20.8 Å². The Morgan fingerprint density at radius 2 is 1.80 bits per heavy atom. The van der Waals surface area contributed by atoms with Gasteiger partial charge in [-0.3, -0.25) is 4.79 Å². The van der Waals surface area contributed by atoms with Crippen LogP contribution in [0.25, 0.3) is 11.3 Å². The molecule has 0 bridgehead atoms. The SMILES string of the molecule is COc1ccc(-c2cc(CNC(=O)c3ccccc3)on2)cc1OC. The Balaban J connectivity index is 1.69. The third kappa shape index (κ3) is 3.80. The van der Waals surface area contributed by atoms with Crippen LogP contribution in [0.5, 0.6) is 11.5 Å². The predicted octanol–water partition coefficient (Wildman–Crippen LogP) is 3.29. The lowest BCUT2D eigenvalue weighted by atomic mass is 10.1. The molecule has 0 radical (unpaired) electrons. The van der Waals surface area contributed by atoms with Crippen molar-refractivity contribution in [2.24, 2.45) is 0 Å². The molecule has 1 N–H and O–H groups in total. The number of nitrogens with one attached hydrogen (secondary N) is 1. The van der Waals surface area contributed by atoms with Crippen LogP contribution in [-0.4, -0.2) is 25.3 Å². The van der Waals surface area contributed by atoms with Gasteiger partial charge in [-0.15, -0.1) is 0 Å². The summed E-state index contributed by atoms with van der Waals surface area (Å²) < 4.78 is 15.8. The number of methoxy groups -OCH3 is 2. The van der Waals surface area contributed by atoms with Gasteiger partial charge in [0.1, 0.15) is 5.69 Å². The van der Waals surface area contributed by atoms with Crippen LogP contribution in [0.2, 0.25) is 0 Å². The molecule has 0 aliphatic rings. The second kappa shape index (κ2) is 7.53. The fourth-order valence-electron chi connectivity index (χ4n) is 2.39. The number of hydrogen-bond donors (Lipinski definition) is 1. The lowest BCUT2D eigenvalue weighted by Crippen LogP contribution is -2.22. The Hall–Kier alpha value is -3.28. The van der Waals surface area contributed by atoms with Crippen molar-refractivity contribution in [1.82, 2.24) is 10.5 Å². The summed E-state index contributed by atoms with van der Waals surface area (Å²) in [6, 6.07) is 16.3. The molecule has 6 heteroatoms. The zero-order chi connectivity index (χ0) is 17.6. The number of hydrogen-bond acceptors (Lipinski definition) is 5. The van der Waals surface area contributed by atoms with Crippen molar-refractivity contribution >= 4 is 5.91 Å². The smallest absolute Gasteiger partial charge is 0.251 e. The number of rotatable bonds is 6. The van der Waals surface area contributed by atoms with Crippen LogP contribution in [0.4, 0.5) is 0 Å². The van der Waals surface area contributed by atoms with Gasteiger partial charge in [-0.2, -0.15) is 0 Å². The lowest BCUT2D eigenvalue weighted by molar-refractivity contribution is 0.0947. The highest BCUT2D eigenvalue weighted by Crippen LogP contribution is 2.31. The summed E-state index contributed by atoms with van der Waals surface area (Å²) in [5.74, 6) is 1.66. The normalized spacial score (nSPS) is 10.3. The van der Waals surface area contributed by atoms with Crippen molar-refractivity contribution in [3.8, 4) is 22.8 Å². The molecule has 0 spiro atoms. The maximum Gasteiger partial charge on any atom is 0.251 e. The average molecular weight is 338 g/mol. The topological polar surface area (TPSA) is 73.6 Å². The monoisotopic (exact) mass is 338 g/mol. The van der Waals surface area contributed by atoms with E-state index in [2.05, 4.69) is 10.5 Å². The van der Waals surface area contributed by atoms with Gasteiger partial charge in [0, 0.05) is 17.2 Å². The molecule has 2 aromatic carbocycles. The number of carbonyl (C=O) groups is 1. The molecule has 0 saturated carbocycles. The third-order valence-electron chi connectivity index (χ3n) is 3.70. The Bertz CT molecular complexity index is 859. The maximum atomic E-state index is 12.0. The van der Waals surface area contributed by atoms with E-state index in [1.54, 1.807) is 38.5 Å². The van der Waals surface area contributed by atoms with E-state index in [0.29, 0.717) is 28.5 Å². The Labute approximate surface area is 145 Å². The molecule has 0 atom stereocenters. The quantitative estimate of drug-likeness (QED) is 0.746. The number of amides is 1. The van der Waals surface area contributed by atoms with Gasteiger partial charge in [-0.05, 0) is 30.3 Å². The molecule has 0 aliphatic heterocycles. The zero-order valence-corrected chi connectivity index (χ0v) is 14.0. The second-order valence-corrected chi connectivity index (χ2v) is 5.30. The summed E-state index contributed by atoms with van der Waals surface area (Å²) in [5.41, 5.74) is 2.09. The molecule has 25 heavy (non-hydrogen) atoms. The summed E-state index contributed by atoms with van der Waals surface area (Å²) in [6.07, 6.45) is 0. The molecule has 0 fully saturated rings. The van der Waals surface area contributed by atoms with E-state index >= 15 is 0 Å². The summed E-state index contributed by atoms with van der Waals surface area (Å²) in [4.78, 5) is 12.0. The van der Waals surface area contributed by atoms with Crippen LogP contribution >= 0.6 is 0 Å². The molecular formula is C19H18N2O4. The van der Waals surface area contributed by atoms with Crippen LogP contribution in [-0.2, 0) is 6.54 Å². The number of nitrogens with zero attached hydrogens (tertiary/aromatic N) is 1. The van der Waals surface area contributed by atoms with E-state index in [1.807, 2.05) is 30.3 Å². The molecule has 1 heterocycles. The van der Waals surface area contributed by atoms with Crippen LogP contribution < -0.4 is 14.8 Å². The van der Waals surface area contributed by atoms with Crippen molar-refractivity contribution in [3.05, 3.63) is 65.9 Å². The van der Waals surface area contributed by atoms with Gasteiger partial charge in [0.25, 0.3) is 5.91 Å². The first kappa shape index (κ1) is 16.6. The molecule has 0 aliphatic carbocycles. The van der Waals surface area contributed by atoms with E-state index in [0.717, 1.165) is 5.56 Å². The Morgan fingerprint density at radius 1 is 1.04 bits per heavy atom. The molecule has 1 amide bonds.